The van der Waals surface area contributed by atoms with E-state index in [-0.39, 0.29) is 6.04 Å². The van der Waals surface area contributed by atoms with E-state index in [1.54, 1.807) is 14.2 Å². The van der Waals surface area contributed by atoms with Crippen LogP contribution in [0.5, 0.6) is 5.75 Å². The maximum atomic E-state index is 9.15. The Kier molecular flexibility index (Phi) is 5.98. The maximum absolute atomic E-state index is 9.15. The molecular weight excluding hydrogens is 284 g/mol. The van der Waals surface area contributed by atoms with Crippen LogP contribution in [0.15, 0.2) is 22.7 Å². The van der Waals surface area contributed by atoms with Crippen LogP contribution in [0.3, 0.4) is 0 Å². The minimum Gasteiger partial charge on any atom is -0.497 e. The lowest BCUT2D eigenvalue weighted by atomic mass is 10.1. The molecular formula is C12H15BrN2O2. The average molecular weight is 299 g/mol. The van der Waals surface area contributed by atoms with Gasteiger partial charge >= 0.3 is 0 Å². The number of ether oxygens (including phenoxy) is 2. The van der Waals surface area contributed by atoms with Crippen LogP contribution in [-0.4, -0.2) is 27.4 Å². The van der Waals surface area contributed by atoms with Crippen molar-refractivity contribution in [1.82, 2.24) is 5.32 Å². The van der Waals surface area contributed by atoms with Gasteiger partial charge in [-0.05, 0) is 18.2 Å². The summed E-state index contributed by atoms with van der Waals surface area (Å²) in [6.07, 6.45) is 0. The highest BCUT2D eigenvalue weighted by Gasteiger charge is 2.13. The molecule has 1 rings (SSSR count). The molecule has 0 saturated heterocycles. The first kappa shape index (κ1) is 14.0. The minimum atomic E-state index is -0.380. The molecule has 0 amide bonds. The van der Waals surface area contributed by atoms with E-state index < -0.39 is 0 Å². The van der Waals surface area contributed by atoms with Crippen LogP contribution in [0.25, 0.3) is 0 Å². The third kappa shape index (κ3) is 4.00. The lowest BCUT2D eigenvalue weighted by Crippen LogP contribution is -2.24. The Morgan fingerprint density at radius 2 is 2.24 bits per heavy atom. The largest absolute Gasteiger partial charge is 0.497 e. The van der Waals surface area contributed by atoms with Gasteiger partial charge in [-0.15, -0.1) is 0 Å². The molecule has 1 unspecified atom stereocenters. The number of nitrogens with one attached hydrogen (secondary N) is 1. The normalized spacial score (nSPS) is 11.9. The number of hydrogen-bond donors (Lipinski definition) is 1. The van der Waals surface area contributed by atoms with Crippen LogP contribution in [0.4, 0.5) is 0 Å². The molecule has 17 heavy (non-hydrogen) atoms. The van der Waals surface area contributed by atoms with E-state index in [0.717, 1.165) is 15.8 Å². The SMILES string of the molecule is COCCNC(C#N)c1cc(OC)ccc1Br. The van der Waals surface area contributed by atoms with Crippen molar-refractivity contribution in [2.24, 2.45) is 0 Å². The molecule has 0 aliphatic rings. The fourth-order valence-electron chi connectivity index (χ4n) is 1.40. The molecule has 92 valence electrons. The molecule has 1 aromatic carbocycles. The Bertz CT molecular complexity index is 404. The van der Waals surface area contributed by atoms with Gasteiger partial charge in [0.1, 0.15) is 11.8 Å². The zero-order valence-corrected chi connectivity index (χ0v) is 11.5. The number of halogens is 1. The highest BCUT2D eigenvalue weighted by molar-refractivity contribution is 9.10. The molecule has 0 radical (unpaired) electrons. The molecule has 0 saturated carbocycles. The molecule has 1 atom stereocenters. The molecule has 0 spiro atoms. The smallest absolute Gasteiger partial charge is 0.122 e. The first-order chi connectivity index (χ1) is 8.22. The summed E-state index contributed by atoms with van der Waals surface area (Å²) < 4.78 is 11.0. The van der Waals surface area contributed by atoms with Gasteiger partial charge in [0.15, 0.2) is 0 Å². The van der Waals surface area contributed by atoms with Gasteiger partial charge in [-0.25, -0.2) is 0 Å². The van der Waals surface area contributed by atoms with Crippen molar-refractivity contribution in [2.45, 2.75) is 6.04 Å². The summed E-state index contributed by atoms with van der Waals surface area (Å²) in [5.74, 6) is 0.733. The highest BCUT2D eigenvalue weighted by Crippen LogP contribution is 2.27. The van der Waals surface area contributed by atoms with Crippen LogP contribution in [0.1, 0.15) is 11.6 Å². The second-order valence-electron chi connectivity index (χ2n) is 3.40. The first-order valence-electron chi connectivity index (χ1n) is 5.18. The molecule has 0 heterocycles. The maximum Gasteiger partial charge on any atom is 0.122 e. The Morgan fingerprint density at radius 3 is 2.82 bits per heavy atom. The van der Waals surface area contributed by atoms with Crippen LogP contribution in [0.2, 0.25) is 0 Å². The van der Waals surface area contributed by atoms with Crippen molar-refractivity contribution in [3.05, 3.63) is 28.2 Å². The van der Waals surface area contributed by atoms with Crippen LogP contribution < -0.4 is 10.1 Å². The topological polar surface area (TPSA) is 54.3 Å². The first-order valence-corrected chi connectivity index (χ1v) is 5.97. The van der Waals surface area contributed by atoms with Crippen LogP contribution >= 0.6 is 15.9 Å². The molecule has 0 aliphatic heterocycles. The molecule has 1 aromatic rings. The van der Waals surface area contributed by atoms with E-state index in [9.17, 15) is 0 Å². The number of rotatable bonds is 6. The summed E-state index contributed by atoms with van der Waals surface area (Å²) >= 11 is 3.43. The Balaban J connectivity index is 2.83. The van der Waals surface area contributed by atoms with Gasteiger partial charge < -0.3 is 9.47 Å². The van der Waals surface area contributed by atoms with Gasteiger partial charge in [0.05, 0.1) is 19.8 Å². The minimum absolute atomic E-state index is 0.380. The number of nitriles is 1. The molecule has 0 fully saturated rings. The second kappa shape index (κ2) is 7.28. The third-order valence-electron chi connectivity index (χ3n) is 2.30. The van der Waals surface area contributed by atoms with E-state index >= 15 is 0 Å². The average Bonchev–Trinajstić information content (AvgIpc) is 2.36. The van der Waals surface area contributed by atoms with Gasteiger partial charge in [0.25, 0.3) is 0 Å². The summed E-state index contributed by atoms with van der Waals surface area (Å²) in [5, 5.41) is 12.3. The van der Waals surface area contributed by atoms with Crippen molar-refractivity contribution in [3.8, 4) is 11.8 Å². The van der Waals surface area contributed by atoms with Crippen molar-refractivity contribution in [3.63, 3.8) is 0 Å². The zero-order chi connectivity index (χ0) is 12.7. The fourth-order valence-corrected chi connectivity index (χ4v) is 1.88. The Labute approximate surface area is 110 Å². The lowest BCUT2D eigenvalue weighted by molar-refractivity contribution is 0.198. The highest BCUT2D eigenvalue weighted by atomic mass is 79.9. The summed E-state index contributed by atoms with van der Waals surface area (Å²) in [6.45, 7) is 1.19. The van der Waals surface area contributed by atoms with Gasteiger partial charge in [-0.3, -0.25) is 5.32 Å². The molecule has 4 nitrogen and oxygen atoms in total. The van der Waals surface area contributed by atoms with Gasteiger partial charge in [0, 0.05) is 23.7 Å². The number of methoxy groups -OCH3 is 2. The van der Waals surface area contributed by atoms with E-state index in [1.165, 1.54) is 0 Å². The van der Waals surface area contributed by atoms with Crippen molar-refractivity contribution >= 4 is 15.9 Å². The standard InChI is InChI=1S/C12H15BrN2O2/c1-16-6-5-15-12(8-14)10-7-9(17-2)3-4-11(10)13/h3-4,7,12,15H,5-6H2,1-2H3. The molecule has 5 heteroatoms. The van der Waals surface area contributed by atoms with E-state index in [2.05, 4.69) is 27.3 Å². The lowest BCUT2D eigenvalue weighted by Gasteiger charge is -2.14. The molecule has 0 bridgehead atoms. The summed E-state index contributed by atoms with van der Waals surface area (Å²) in [5.41, 5.74) is 0.864. The van der Waals surface area contributed by atoms with E-state index in [1.807, 2.05) is 18.2 Å². The van der Waals surface area contributed by atoms with Gasteiger partial charge in [-0.2, -0.15) is 5.26 Å². The van der Waals surface area contributed by atoms with Crippen LogP contribution in [0, 0.1) is 11.3 Å². The van der Waals surface area contributed by atoms with Crippen molar-refractivity contribution in [2.75, 3.05) is 27.4 Å². The van der Waals surface area contributed by atoms with E-state index in [4.69, 9.17) is 14.7 Å². The monoisotopic (exact) mass is 298 g/mol. The zero-order valence-electron chi connectivity index (χ0n) is 9.87. The quantitative estimate of drug-likeness (QED) is 0.819. The molecule has 1 N–H and O–H groups in total. The predicted octanol–water partition coefficient (Wildman–Crippen LogP) is 2.26. The number of hydrogen-bond acceptors (Lipinski definition) is 4. The number of nitrogens with zero attached hydrogens (tertiary/aromatic N) is 1. The molecule has 0 aromatic heterocycles. The summed E-state index contributed by atoms with van der Waals surface area (Å²) in [4.78, 5) is 0. The predicted molar refractivity (Wildman–Crippen MR) is 68.9 cm³/mol. The Hall–Kier alpha value is -1.09. The Morgan fingerprint density at radius 1 is 1.47 bits per heavy atom. The van der Waals surface area contributed by atoms with Crippen molar-refractivity contribution < 1.29 is 9.47 Å². The second-order valence-corrected chi connectivity index (χ2v) is 4.25. The third-order valence-corrected chi connectivity index (χ3v) is 3.02. The van der Waals surface area contributed by atoms with Gasteiger partial charge in [0.2, 0.25) is 0 Å². The molecule has 0 aliphatic carbocycles. The van der Waals surface area contributed by atoms with Crippen molar-refractivity contribution in [1.29, 1.82) is 5.26 Å². The number of benzene rings is 1. The van der Waals surface area contributed by atoms with Gasteiger partial charge in [-0.1, -0.05) is 15.9 Å². The van der Waals surface area contributed by atoms with Crippen LogP contribution in [-0.2, 0) is 4.74 Å². The summed E-state index contributed by atoms with van der Waals surface area (Å²) in [7, 11) is 3.23. The fraction of sp³-hybridized carbons (Fsp3) is 0.417. The summed E-state index contributed by atoms with van der Waals surface area (Å²) in [6, 6.07) is 7.40. The van der Waals surface area contributed by atoms with E-state index in [0.29, 0.717) is 13.2 Å².